The molecule has 0 saturated heterocycles. The Morgan fingerprint density at radius 1 is 1.39 bits per heavy atom. The van der Waals surface area contributed by atoms with Crippen LogP contribution < -0.4 is 5.73 Å². The fraction of sp³-hybridized carbons (Fsp3) is 0.0909. The van der Waals surface area contributed by atoms with E-state index in [0.717, 1.165) is 17.5 Å². The number of rotatable bonds is 3. The van der Waals surface area contributed by atoms with E-state index >= 15 is 0 Å². The highest BCUT2D eigenvalue weighted by molar-refractivity contribution is 7.99. The van der Waals surface area contributed by atoms with Crippen LogP contribution in [0.1, 0.15) is 5.69 Å². The number of aromatic nitrogens is 2. The van der Waals surface area contributed by atoms with Crippen molar-refractivity contribution >= 4 is 23.1 Å². The van der Waals surface area contributed by atoms with Crippen LogP contribution in [-0.4, -0.2) is 14.9 Å². The number of nitro groups is 1. The average molecular weight is 262 g/mol. The van der Waals surface area contributed by atoms with E-state index in [2.05, 4.69) is 9.97 Å². The molecule has 2 N–H and O–H groups in total. The lowest BCUT2D eigenvalue weighted by Gasteiger charge is -2.04. The van der Waals surface area contributed by atoms with Crippen LogP contribution in [-0.2, 0) is 0 Å². The molecule has 0 aliphatic rings. The minimum absolute atomic E-state index is 0.104. The lowest BCUT2D eigenvalue weighted by molar-refractivity contribution is -0.386. The number of aryl methyl sites for hydroxylation is 1. The molecule has 7 heteroatoms. The molecule has 6 nitrogen and oxygen atoms in total. The van der Waals surface area contributed by atoms with E-state index in [9.17, 15) is 10.1 Å². The molecular weight excluding hydrogens is 252 g/mol. The van der Waals surface area contributed by atoms with Gasteiger partial charge in [0.25, 0.3) is 0 Å². The van der Waals surface area contributed by atoms with Crippen molar-refractivity contribution in [2.24, 2.45) is 0 Å². The Morgan fingerprint density at radius 3 is 2.83 bits per heavy atom. The molecule has 0 amide bonds. The van der Waals surface area contributed by atoms with Crippen LogP contribution in [0.3, 0.4) is 0 Å². The van der Waals surface area contributed by atoms with Crippen molar-refractivity contribution < 1.29 is 4.92 Å². The summed E-state index contributed by atoms with van der Waals surface area (Å²) in [5.41, 5.74) is 6.45. The molecule has 1 aromatic heterocycles. The molecule has 0 radical (unpaired) electrons. The molecule has 2 aromatic rings. The Labute approximate surface area is 107 Å². The zero-order chi connectivity index (χ0) is 13.1. The summed E-state index contributed by atoms with van der Waals surface area (Å²) in [6, 6.07) is 6.56. The lowest BCUT2D eigenvalue weighted by atomic mass is 10.3. The van der Waals surface area contributed by atoms with Gasteiger partial charge in [-0.3, -0.25) is 10.1 Å². The molecule has 18 heavy (non-hydrogen) atoms. The molecule has 92 valence electrons. The maximum absolute atomic E-state index is 11.0. The number of nitrogens with two attached hydrogens (primary N) is 1. The van der Waals surface area contributed by atoms with E-state index in [1.165, 1.54) is 6.07 Å². The molecule has 0 bridgehead atoms. The predicted molar refractivity (Wildman–Crippen MR) is 68.4 cm³/mol. The highest BCUT2D eigenvalue weighted by Crippen LogP contribution is 2.36. The first-order valence-corrected chi connectivity index (χ1v) is 5.90. The third-order valence-corrected chi connectivity index (χ3v) is 3.12. The number of hydrogen-bond acceptors (Lipinski definition) is 6. The van der Waals surface area contributed by atoms with Crippen molar-refractivity contribution in [3.63, 3.8) is 0 Å². The van der Waals surface area contributed by atoms with Gasteiger partial charge in [0, 0.05) is 11.9 Å². The van der Waals surface area contributed by atoms with Crippen molar-refractivity contribution in [1.82, 2.24) is 9.97 Å². The first kappa shape index (κ1) is 12.3. The number of nitrogen functional groups attached to an aromatic ring is 1. The summed E-state index contributed by atoms with van der Waals surface area (Å²) in [5.74, 6) is 0. The number of benzene rings is 1. The Balaban J connectivity index is 2.40. The van der Waals surface area contributed by atoms with Crippen LogP contribution in [0, 0.1) is 17.0 Å². The second kappa shape index (κ2) is 5.01. The molecule has 0 fully saturated rings. The average Bonchev–Trinajstić information content (AvgIpc) is 2.28. The predicted octanol–water partition coefficient (Wildman–Crippen LogP) is 2.43. The minimum Gasteiger partial charge on any atom is -0.393 e. The normalized spacial score (nSPS) is 10.3. The SMILES string of the molecule is Cc1ccnc(Sc2cccc(N)c2[N+](=O)[O-])n1. The van der Waals surface area contributed by atoms with E-state index < -0.39 is 4.92 Å². The fourth-order valence-electron chi connectivity index (χ4n) is 1.39. The number of nitrogens with zero attached hydrogens (tertiary/aromatic N) is 3. The summed E-state index contributed by atoms with van der Waals surface area (Å²) >= 11 is 1.13. The van der Waals surface area contributed by atoms with Crippen LogP contribution in [0.5, 0.6) is 0 Å². The quantitative estimate of drug-likeness (QED) is 0.395. The van der Waals surface area contributed by atoms with E-state index in [1.807, 2.05) is 6.92 Å². The first-order chi connectivity index (χ1) is 8.58. The number of anilines is 1. The standard InChI is InChI=1S/C11H10N4O2S/c1-7-5-6-13-11(14-7)18-9-4-2-3-8(12)10(9)15(16)17/h2-6H,12H2,1H3. The van der Waals surface area contributed by atoms with Crippen LogP contribution in [0.2, 0.25) is 0 Å². The van der Waals surface area contributed by atoms with Crippen LogP contribution >= 0.6 is 11.8 Å². The molecule has 2 rings (SSSR count). The highest BCUT2D eigenvalue weighted by Gasteiger charge is 2.19. The van der Waals surface area contributed by atoms with Crippen LogP contribution in [0.15, 0.2) is 40.5 Å². The fourth-order valence-corrected chi connectivity index (χ4v) is 2.33. The largest absolute Gasteiger partial charge is 0.393 e. The Kier molecular flexibility index (Phi) is 3.42. The van der Waals surface area contributed by atoms with Crippen molar-refractivity contribution in [2.75, 3.05) is 5.73 Å². The zero-order valence-electron chi connectivity index (χ0n) is 9.53. The molecule has 1 aromatic carbocycles. The molecule has 0 spiro atoms. The van der Waals surface area contributed by atoms with Gasteiger partial charge in [-0.05, 0) is 36.9 Å². The summed E-state index contributed by atoms with van der Waals surface area (Å²) in [5, 5.41) is 11.4. The summed E-state index contributed by atoms with van der Waals surface area (Å²) in [6.07, 6.45) is 1.61. The maximum Gasteiger partial charge on any atom is 0.306 e. The molecule has 0 atom stereocenters. The van der Waals surface area contributed by atoms with Crippen LogP contribution in [0.4, 0.5) is 11.4 Å². The van der Waals surface area contributed by atoms with Crippen molar-refractivity contribution in [2.45, 2.75) is 17.0 Å². The van der Waals surface area contributed by atoms with Gasteiger partial charge in [0.15, 0.2) is 5.16 Å². The number of para-hydroxylation sites is 1. The summed E-state index contributed by atoms with van der Waals surface area (Å²) < 4.78 is 0. The van der Waals surface area contributed by atoms with Crippen LogP contribution in [0.25, 0.3) is 0 Å². The third-order valence-electron chi connectivity index (χ3n) is 2.19. The van der Waals surface area contributed by atoms with Gasteiger partial charge in [-0.2, -0.15) is 0 Å². The van der Waals surface area contributed by atoms with Gasteiger partial charge in [0.05, 0.1) is 9.82 Å². The van der Waals surface area contributed by atoms with Gasteiger partial charge < -0.3 is 5.73 Å². The molecule has 1 heterocycles. The second-order valence-electron chi connectivity index (χ2n) is 3.53. The van der Waals surface area contributed by atoms with Gasteiger partial charge >= 0.3 is 5.69 Å². The molecule has 0 aliphatic heterocycles. The maximum atomic E-state index is 11.0. The molecule has 0 unspecified atom stereocenters. The number of hydrogen-bond donors (Lipinski definition) is 1. The summed E-state index contributed by atoms with van der Waals surface area (Å²) in [4.78, 5) is 19.2. The van der Waals surface area contributed by atoms with Crippen molar-refractivity contribution in [3.8, 4) is 0 Å². The molecule has 0 saturated carbocycles. The van der Waals surface area contributed by atoms with Gasteiger partial charge in [0.2, 0.25) is 0 Å². The first-order valence-electron chi connectivity index (χ1n) is 5.08. The summed E-state index contributed by atoms with van der Waals surface area (Å²) in [6.45, 7) is 1.83. The summed E-state index contributed by atoms with van der Waals surface area (Å²) in [7, 11) is 0. The van der Waals surface area contributed by atoms with Crippen molar-refractivity contribution in [3.05, 3.63) is 46.3 Å². The van der Waals surface area contributed by atoms with E-state index in [4.69, 9.17) is 5.73 Å². The third kappa shape index (κ3) is 2.57. The Hall–Kier alpha value is -2.15. The van der Waals surface area contributed by atoms with Crippen molar-refractivity contribution in [1.29, 1.82) is 0 Å². The van der Waals surface area contributed by atoms with Gasteiger partial charge in [-0.1, -0.05) is 6.07 Å². The Bertz CT molecular complexity index is 603. The number of nitro benzene ring substituents is 1. The minimum atomic E-state index is -0.493. The highest BCUT2D eigenvalue weighted by atomic mass is 32.2. The molecule has 0 aliphatic carbocycles. The van der Waals surface area contributed by atoms with Gasteiger partial charge in [-0.25, -0.2) is 9.97 Å². The van der Waals surface area contributed by atoms with E-state index in [0.29, 0.717) is 10.1 Å². The van der Waals surface area contributed by atoms with E-state index in [1.54, 1.807) is 24.4 Å². The second-order valence-corrected chi connectivity index (χ2v) is 4.54. The smallest absolute Gasteiger partial charge is 0.306 e. The van der Waals surface area contributed by atoms with E-state index in [-0.39, 0.29) is 11.4 Å². The zero-order valence-corrected chi connectivity index (χ0v) is 10.3. The Morgan fingerprint density at radius 2 is 2.17 bits per heavy atom. The topological polar surface area (TPSA) is 94.9 Å². The van der Waals surface area contributed by atoms with Gasteiger partial charge in [-0.15, -0.1) is 0 Å². The monoisotopic (exact) mass is 262 g/mol. The molecular formula is C11H10N4O2S. The lowest BCUT2D eigenvalue weighted by Crippen LogP contribution is -1.98. The van der Waals surface area contributed by atoms with Gasteiger partial charge in [0.1, 0.15) is 5.69 Å².